The highest BCUT2D eigenvalue weighted by atomic mass is 16.6. The molecule has 31 nitrogen and oxygen atoms in total. The number of rotatable bonds is 25. The van der Waals surface area contributed by atoms with Gasteiger partial charge in [0.05, 0.1) is 64.2 Å². The maximum Gasteiger partial charge on any atom is 0.336 e. The SMILES string of the molecule is O=C(O)CC(O)(CC(=O)OC(=O)CC(O)(CC(=O)OC(=O)CC(O)(CC(=O)OC(=O)CC(O)(CC(=O)OC(=O)CC(O)(CC(=O)O)C(=O)O)C(=O)O)C(=O)O)C(=O)O)C(=O)O. The fourth-order valence-electron chi connectivity index (χ4n) is 4.28. The van der Waals surface area contributed by atoms with Crippen molar-refractivity contribution in [2.24, 2.45) is 0 Å². The van der Waals surface area contributed by atoms with E-state index in [1.165, 1.54) is 0 Å². The van der Waals surface area contributed by atoms with E-state index in [0.29, 0.717) is 0 Å². The molecule has 0 aliphatic heterocycles. The molecule has 0 aromatic rings. The summed E-state index contributed by atoms with van der Waals surface area (Å²) < 4.78 is 16.2. The van der Waals surface area contributed by atoms with Crippen molar-refractivity contribution in [3.8, 4) is 0 Å². The van der Waals surface area contributed by atoms with Gasteiger partial charge in [-0.2, -0.15) is 0 Å². The number of carbonyl (C=O) groups excluding carboxylic acids is 8. The van der Waals surface area contributed by atoms with Gasteiger partial charge in [0.2, 0.25) is 0 Å². The van der Waals surface area contributed by atoms with Crippen LogP contribution in [-0.2, 0) is 90.9 Å². The van der Waals surface area contributed by atoms with Crippen LogP contribution in [0.5, 0.6) is 0 Å². The molecule has 0 aliphatic rings. The summed E-state index contributed by atoms with van der Waals surface area (Å²) >= 11 is 0. The second-order valence-electron chi connectivity index (χ2n) is 12.6. The number of carboxylic acid groups (broad SMARTS) is 7. The first kappa shape index (κ1) is 53.6. The van der Waals surface area contributed by atoms with Crippen LogP contribution in [0.2, 0.25) is 0 Å². The van der Waals surface area contributed by atoms with Crippen molar-refractivity contribution in [3.63, 3.8) is 0 Å². The average Bonchev–Trinajstić information content (AvgIpc) is 3.02. The topological polar surface area (TPSA) is 536 Å². The van der Waals surface area contributed by atoms with Crippen LogP contribution in [-0.4, -0.2) is 179 Å². The first-order valence-electron chi connectivity index (χ1n) is 15.7. The molecule has 31 heteroatoms. The Hall–Kier alpha value is -7.35. The maximum atomic E-state index is 12.3. The second-order valence-corrected chi connectivity index (χ2v) is 12.6. The summed E-state index contributed by atoms with van der Waals surface area (Å²) in [7, 11) is 0. The van der Waals surface area contributed by atoms with Crippen LogP contribution in [0.1, 0.15) is 64.2 Å². The molecule has 0 saturated heterocycles. The van der Waals surface area contributed by atoms with Gasteiger partial charge in [-0.25, -0.2) is 24.0 Å². The van der Waals surface area contributed by atoms with E-state index in [9.17, 15) is 113 Å². The van der Waals surface area contributed by atoms with E-state index in [-0.39, 0.29) is 0 Å². The predicted octanol–water partition coefficient (Wildman–Crippen LogP) is -6.59. The lowest BCUT2D eigenvalue weighted by Gasteiger charge is -2.23. The summed E-state index contributed by atoms with van der Waals surface area (Å²) in [6, 6.07) is 0. The third-order valence-corrected chi connectivity index (χ3v) is 7.28. The van der Waals surface area contributed by atoms with E-state index >= 15 is 0 Å². The molecule has 4 atom stereocenters. The van der Waals surface area contributed by atoms with E-state index in [4.69, 9.17) is 20.4 Å². The van der Waals surface area contributed by atoms with Gasteiger partial charge in [-0.15, -0.1) is 0 Å². The minimum atomic E-state index is -3.72. The third-order valence-electron chi connectivity index (χ3n) is 7.28. The molecule has 4 unspecified atom stereocenters. The van der Waals surface area contributed by atoms with Gasteiger partial charge in [-0.3, -0.25) is 47.9 Å². The monoisotopic (exact) mass is 888 g/mol. The Morgan fingerprint density at radius 2 is 0.361 bits per heavy atom. The highest BCUT2D eigenvalue weighted by Crippen LogP contribution is 2.24. The molecule has 0 aromatic carbocycles. The lowest BCUT2D eigenvalue weighted by atomic mass is 9.94. The summed E-state index contributed by atoms with van der Waals surface area (Å²) in [6.07, 6.45) is -18.2. The summed E-state index contributed by atoms with van der Waals surface area (Å²) in [5, 5.41) is 114. The molecule has 0 bridgehead atoms. The van der Waals surface area contributed by atoms with E-state index < -0.39 is 182 Å². The van der Waals surface area contributed by atoms with Crippen molar-refractivity contribution in [1.29, 1.82) is 0 Å². The smallest absolute Gasteiger partial charge is 0.336 e. The Morgan fingerprint density at radius 1 is 0.246 bits per heavy atom. The Labute approximate surface area is 334 Å². The molecule has 0 aromatic heterocycles. The molecule has 0 aliphatic carbocycles. The van der Waals surface area contributed by atoms with Gasteiger partial charge in [0.1, 0.15) is 0 Å². The molecule has 0 rings (SSSR count). The number of esters is 8. The van der Waals surface area contributed by atoms with Gasteiger partial charge < -0.3 is 80.2 Å². The zero-order valence-electron chi connectivity index (χ0n) is 30.2. The quantitative estimate of drug-likeness (QED) is 0.0230. The number of aliphatic hydroxyl groups is 5. The van der Waals surface area contributed by atoms with Crippen molar-refractivity contribution in [2.75, 3.05) is 0 Å². The second kappa shape index (κ2) is 21.1. The number of hydrogen-bond donors (Lipinski definition) is 12. The van der Waals surface area contributed by atoms with E-state index in [1.54, 1.807) is 0 Å². The van der Waals surface area contributed by atoms with Gasteiger partial charge in [0, 0.05) is 0 Å². The normalized spacial score (nSPS) is 15.8. The van der Waals surface area contributed by atoms with Gasteiger partial charge in [-0.1, -0.05) is 0 Å². The summed E-state index contributed by atoms with van der Waals surface area (Å²) in [5.41, 5.74) is -17.7. The molecule has 0 saturated carbocycles. The first-order valence-corrected chi connectivity index (χ1v) is 15.7. The number of carbonyl (C=O) groups is 15. The summed E-state index contributed by atoms with van der Waals surface area (Å²) in [5.74, 6) is -32.5. The van der Waals surface area contributed by atoms with Gasteiger partial charge in [0.25, 0.3) is 0 Å². The highest BCUT2D eigenvalue weighted by molar-refractivity contribution is 5.99. The molecule has 0 heterocycles. The predicted molar refractivity (Wildman–Crippen MR) is 169 cm³/mol. The molecule has 0 spiro atoms. The van der Waals surface area contributed by atoms with Crippen LogP contribution in [0.4, 0.5) is 0 Å². The lowest BCUT2D eigenvalue weighted by molar-refractivity contribution is -0.182. The lowest BCUT2D eigenvalue weighted by Crippen LogP contribution is -2.46. The Kier molecular flexibility index (Phi) is 18.5. The zero-order valence-corrected chi connectivity index (χ0v) is 30.2. The van der Waals surface area contributed by atoms with E-state index in [0.717, 1.165) is 0 Å². The fourth-order valence-corrected chi connectivity index (χ4v) is 4.28. The van der Waals surface area contributed by atoms with Crippen LogP contribution < -0.4 is 0 Å². The molecule has 12 N–H and O–H groups in total. The molecule has 61 heavy (non-hydrogen) atoms. The third kappa shape index (κ3) is 17.2. The minimum absolute atomic E-state index is 1.60. The Bertz CT molecular complexity index is 1770. The molecule has 0 amide bonds. The van der Waals surface area contributed by atoms with Gasteiger partial charge in [-0.05, 0) is 0 Å². The molecular formula is C30H32O31. The Balaban J connectivity index is 5.64. The number of aliphatic carboxylic acids is 7. The van der Waals surface area contributed by atoms with Crippen LogP contribution in [0.3, 0.4) is 0 Å². The highest BCUT2D eigenvalue weighted by Gasteiger charge is 2.48. The zero-order chi connectivity index (χ0) is 48.1. The van der Waals surface area contributed by atoms with Gasteiger partial charge in [0.15, 0.2) is 28.0 Å². The Morgan fingerprint density at radius 3 is 0.459 bits per heavy atom. The number of ether oxygens (including phenoxy) is 4. The van der Waals surface area contributed by atoms with Crippen molar-refractivity contribution < 1.29 is 152 Å². The van der Waals surface area contributed by atoms with E-state index in [1.807, 2.05) is 0 Å². The van der Waals surface area contributed by atoms with Crippen LogP contribution >= 0.6 is 0 Å². The molecule has 0 radical (unpaired) electrons. The summed E-state index contributed by atoms with van der Waals surface area (Å²) in [4.78, 5) is 176. The number of carboxylic acids is 7. The number of hydrogen-bond acceptors (Lipinski definition) is 24. The van der Waals surface area contributed by atoms with Crippen molar-refractivity contribution >= 4 is 89.5 Å². The average molecular weight is 889 g/mol. The standard InChI is InChI=1S/C30H32O31/c31-11(32)1-26(53,21(43)44)3-13(35)58-15(37)5-28(55,23(47)48)7-17(39)60-19(41)9-30(57,25(51)52)10-20(42)61-18(40)8-29(56,24(49)50)6-16(38)59-14(36)4-27(54,22(45)46)2-12(33)34/h53-57H,1-10H2,(H,31,32)(H,33,34)(H,43,44)(H,45,46)(H,47,48)(H,49,50)(H,51,52). The van der Waals surface area contributed by atoms with Crippen LogP contribution in [0.15, 0.2) is 0 Å². The van der Waals surface area contributed by atoms with Crippen molar-refractivity contribution in [1.82, 2.24) is 0 Å². The molecule has 0 fully saturated rings. The fraction of sp³-hybridized carbons (Fsp3) is 0.500. The minimum Gasteiger partial charge on any atom is -0.481 e. The molecule has 338 valence electrons. The van der Waals surface area contributed by atoms with Crippen molar-refractivity contribution in [3.05, 3.63) is 0 Å². The van der Waals surface area contributed by atoms with Crippen LogP contribution in [0.25, 0.3) is 0 Å². The summed E-state index contributed by atoms with van der Waals surface area (Å²) in [6.45, 7) is 0. The largest absolute Gasteiger partial charge is 0.481 e. The van der Waals surface area contributed by atoms with E-state index in [2.05, 4.69) is 18.9 Å². The first-order chi connectivity index (χ1) is 27.5. The van der Waals surface area contributed by atoms with Gasteiger partial charge >= 0.3 is 89.5 Å². The maximum absolute atomic E-state index is 12.3. The molecular weight excluding hydrogens is 856 g/mol. The van der Waals surface area contributed by atoms with Crippen molar-refractivity contribution in [2.45, 2.75) is 92.2 Å². The van der Waals surface area contributed by atoms with Crippen LogP contribution in [0, 0.1) is 0 Å².